The lowest BCUT2D eigenvalue weighted by Crippen LogP contribution is -2.12. The van der Waals surface area contributed by atoms with Crippen LogP contribution in [0.3, 0.4) is 0 Å². The van der Waals surface area contributed by atoms with Crippen molar-refractivity contribution in [2.45, 2.75) is 0 Å². The van der Waals surface area contributed by atoms with Crippen LogP contribution in [-0.2, 0) is 0 Å². The van der Waals surface area contributed by atoms with Crippen molar-refractivity contribution in [1.29, 1.82) is 0 Å². The number of hydrogen-bond acceptors (Lipinski definition) is 6. The number of anilines is 1. The fourth-order valence-electron chi connectivity index (χ4n) is 2.77. The molecular weight excluding hydrogens is 380 g/mol. The summed E-state index contributed by atoms with van der Waals surface area (Å²) in [5.41, 5.74) is 2.89. The molecule has 30 heavy (non-hydrogen) atoms. The smallest absolute Gasteiger partial charge is 0.257 e. The third kappa shape index (κ3) is 4.59. The number of pyridine rings is 1. The topological polar surface area (TPSA) is 86.2 Å². The zero-order valence-corrected chi connectivity index (χ0v) is 16.1. The summed E-state index contributed by atoms with van der Waals surface area (Å²) in [6.07, 6.45) is 7.91. The lowest BCUT2D eigenvalue weighted by molar-refractivity contribution is 0.102. The number of amides is 1. The molecule has 4 aromatic rings. The zero-order valence-electron chi connectivity index (χ0n) is 16.1. The van der Waals surface area contributed by atoms with E-state index < -0.39 is 0 Å². The highest BCUT2D eigenvalue weighted by molar-refractivity contribution is 6.04. The van der Waals surface area contributed by atoms with Crippen LogP contribution < -0.4 is 14.8 Å². The molecule has 0 radical (unpaired) electrons. The molecule has 148 valence electrons. The molecule has 0 aliphatic rings. The molecule has 0 aliphatic heterocycles. The molecule has 2 heterocycles. The average molecular weight is 398 g/mol. The van der Waals surface area contributed by atoms with Crippen LogP contribution in [0.1, 0.15) is 10.4 Å². The molecule has 0 saturated heterocycles. The van der Waals surface area contributed by atoms with Gasteiger partial charge in [-0.2, -0.15) is 0 Å². The highest BCUT2D eigenvalue weighted by Crippen LogP contribution is 2.24. The number of rotatable bonds is 6. The van der Waals surface area contributed by atoms with E-state index >= 15 is 0 Å². The molecular formula is C23H18N4O3. The van der Waals surface area contributed by atoms with Crippen molar-refractivity contribution in [3.63, 3.8) is 0 Å². The van der Waals surface area contributed by atoms with Crippen LogP contribution in [0.15, 0.2) is 85.6 Å². The minimum absolute atomic E-state index is 0.250. The van der Waals surface area contributed by atoms with E-state index in [1.807, 2.05) is 24.3 Å². The first-order chi connectivity index (χ1) is 14.7. The summed E-state index contributed by atoms with van der Waals surface area (Å²) in [5, 5.41) is 2.86. The predicted molar refractivity (Wildman–Crippen MR) is 113 cm³/mol. The summed E-state index contributed by atoms with van der Waals surface area (Å²) < 4.78 is 10.8. The number of carbonyl (C=O) groups is 1. The number of nitrogens with zero attached hydrogens (tertiary/aromatic N) is 3. The average Bonchev–Trinajstić information content (AvgIpc) is 2.81. The van der Waals surface area contributed by atoms with Crippen molar-refractivity contribution in [1.82, 2.24) is 15.0 Å². The molecule has 7 nitrogen and oxygen atoms in total. The van der Waals surface area contributed by atoms with Gasteiger partial charge < -0.3 is 14.8 Å². The summed E-state index contributed by atoms with van der Waals surface area (Å²) in [4.78, 5) is 24.9. The summed E-state index contributed by atoms with van der Waals surface area (Å²) >= 11 is 0. The van der Waals surface area contributed by atoms with Gasteiger partial charge in [0.25, 0.3) is 5.91 Å². The zero-order chi connectivity index (χ0) is 20.8. The standard InChI is InChI=1S/C23H18N4O3/c1-29-20-6-2-16(3-7-20)17-12-18(14-25-13-17)23(28)27-19-4-8-21(9-5-19)30-22-15-24-10-11-26-22/h2-15H,1H3,(H,27,28). The molecule has 2 aromatic heterocycles. The third-order valence-corrected chi connectivity index (χ3v) is 4.30. The van der Waals surface area contributed by atoms with E-state index in [1.165, 1.54) is 12.4 Å². The van der Waals surface area contributed by atoms with Gasteiger partial charge in [0.2, 0.25) is 5.88 Å². The van der Waals surface area contributed by atoms with Gasteiger partial charge in [-0.3, -0.25) is 14.8 Å². The van der Waals surface area contributed by atoms with Crippen LogP contribution in [0.4, 0.5) is 5.69 Å². The number of methoxy groups -OCH3 is 1. The maximum atomic E-state index is 12.7. The Labute approximate surface area is 173 Å². The Bertz CT molecular complexity index is 1130. The van der Waals surface area contributed by atoms with E-state index in [4.69, 9.17) is 9.47 Å². The molecule has 0 aliphatic carbocycles. The highest BCUT2D eigenvalue weighted by Gasteiger charge is 2.09. The van der Waals surface area contributed by atoms with Gasteiger partial charge >= 0.3 is 0 Å². The number of ether oxygens (including phenoxy) is 2. The van der Waals surface area contributed by atoms with Gasteiger partial charge in [0, 0.05) is 36.0 Å². The van der Waals surface area contributed by atoms with Crippen molar-refractivity contribution in [3.8, 4) is 28.5 Å². The van der Waals surface area contributed by atoms with Crippen LogP contribution in [0, 0.1) is 0 Å². The van der Waals surface area contributed by atoms with Crippen LogP contribution in [-0.4, -0.2) is 28.0 Å². The Morgan fingerprint density at radius 3 is 2.30 bits per heavy atom. The normalized spacial score (nSPS) is 10.3. The fraction of sp³-hybridized carbons (Fsp3) is 0.0435. The van der Waals surface area contributed by atoms with Crippen molar-refractivity contribution in [2.24, 2.45) is 0 Å². The molecule has 2 aromatic carbocycles. The Morgan fingerprint density at radius 2 is 1.60 bits per heavy atom. The van der Waals surface area contributed by atoms with Crippen molar-refractivity contribution < 1.29 is 14.3 Å². The first kappa shape index (κ1) is 19.1. The first-order valence-corrected chi connectivity index (χ1v) is 9.16. The minimum atomic E-state index is -0.250. The minimum Gasteiger partial charge on any atom is -0.497 e. The largest absolute Gasteiger partial charge is 0.497 e. The van der Waals surface area contributed by atoms with E-state index in [1.54, 1.807) is 56.0 Å². The molecule has 1 N–H and O–H groups in total. The van der Waals surface area contributed by atoms with Gasteiger partial charge in [-0.15, -0.1) is 0 Å². The molecule has 7 heteroatoms. The number of nitrogens with one attached hydrogen (secondary N) is 1. The van der Waals surface area contributed by atoms with Crippen LogP contribution in [0.5, 0.6) is 17.4 Å². The Hall–Kier alpha value is -4.26. The second-order valence-corrected chi connectivity index (χ2v) is 6.32. The van der Waals surface area contributed by atoms with Gasteiger partial charge in [-0.1, -0.05) is 12.1 Å². The Morgan fingerprint density at radius 1 is 0.833 bits per heavy atom. The van der Waals surface area contributed by atoms with Crippen LogP contribution in [0.25, 0.3) is 11.1 Å². The number of carbonyl (C=O) groups excluding carboxylic acids is 1. The Kier molecular flexibility index (Phi) is 5.61. The van der Waals surface area contributed by atoms with Gasteiger partial charge in [-0.25, -0.2) is 4.98 Å². The molecule has 0 bridgehead atoms. The summed E-state index contributed by atoms with van der Waals surface area (Å²) in [5.74, 6) is 1.51. The van der Waals surface area contributed by atoms with Gasteiger partial charge in [0.05, 0.1) is 18.9 Å². The predicted octanol–water partition coefficient (Wildman–Crippen LogP) is 4.59. The molecule has 0 unspecified atom stereocenters. The number of benzene rings is 2. The highest BCUT2D eigenvalue weighted by atomic mass is 16.5. The molecule has 1 amide bonds. The Balaban J connectivity index is 1.44. The van der Waals surface area contributed by atoms with Crippen molar-refractivity contribution in [2.75, 3.05) is 12.4 Å². The van der Waals surface area contributed by atoms with Crippen LogP contribution >= 0.6 is 0 Å². The molecule has 0 spiro atoms. The molecule has 0 saturated carbocycles. The maximum Gasteiger partial charge on any atom is 0.257 e. The lowest BCUT2D eigenvalue weighted by Gasteiger charge is -2.09. The number of hydrogen-bond donors (Lipinski definition) is 1. The first-order valence-electron chi connectivity index (χ1n) is 9.16. The van der Waals surface area contributed by atoms with E-state index in [0.717, 1.165) is 16.9 Å². The van der Waals surface area contributed by atoms with E-state index in [9.17, 15) is 4.79 Å². The lowest BCUT2D eigenvalue weighted by atomic mass is 10.1. The van der Waals surface area contributed by atoms with E-state index in [2.05, 4.69) is 20.3 Å². The van der Waals surface area contributed by atoms with Crippen molar-refractivity contribution in [3.05, 3.63) is 91.1 Å². The quantitative estimate of drug-likeness (QED) is 0.511. The van der Waals surface area contributed by atoms with Gasteiger partial charge in [0.15, 0.2) is 0 Å². The SMILES string of the molecule is COc1ccc(-c2cncc(C(=O)Nc3ccc(Oc4cnccn4)cc3)c2)cc1. The summed E-state index contributed by atoms with van der Waals surface area (Å²) in [7, 11) is 1.62. The monoisotopic (exact) mass is 398 g/mol. The van der Waals surface area contributed by atoms with E-state index in [0.29, 0.717) is 22.9 Å². The third-order valence-electron chi connectivity index (χ3n) is 4.30. The van der Waals surface area contributed by atoms with Crippen LogP contribution in [0.2, 0.25) is 0 Å². The second kappa shape index (κ2) is 8.83. The second-order valence-electron chi connectivity index (χ2n) is 6.32. The van der Waals surface area contributed by atoms with Gasteiger partial charge in [-0.05, 0) is 48.0 Å². The number of aromatic nitrogens is 3. The maximum absolute atomic E-state index is 12.7. The fourth-order valence-corrected chi connectivity index (χ4v) is 2.77. The molecule has 4 rings (SSSR count). The summed E-state index contributed by atoms with van der Waals surface area (Å²) in [6, 6.07) is 16.4. The molecule has 0 atom stereocenters. The molecule has 0 fully saturated rings. The van der Waals surface area contributed by atoms with Gasteiger partial charge in [0.1, 0.15) is 11.5 Å². The van der Waals surface area contributed by atoms with Crippen molar-refractivity contribution >= 4 is 11.6 Å². The summed E-state index contributed by atoms with van der Waals surface area (Å²) in [6.45, 7) is 0. The van der Waals surface area contributed by atoms with E-state index in [-0.39, 0.29) is 5.91 Å².